The summed E-state index contributed by atoms with van der Waals surface area (Å²) in [5, 5.41) is 2.97. The Bertz CT molecular complexity index is 1290. The molecule has 0 spiro atoms. The number of para-hydroxylation sites is 1. The maximum atomic E-state index is 13.3. The summed E-state index contributed by atoms with van der Waals surface area (Å²) in [5.41, 5.74) is 9.97. The molecule has 0 atom stereocenters. The smallest absolute Gasteiger partial charge is 0.255 e. The molecule has 1 saturated heterocycles. The monoisotopic (exact) mass is 460 g/mol. The number of benzene rings is 1. The molecule has 1 amide bonds. The predicted molar refractivity (Wildman–Crippen MR) is 132 cm³/mol. The average molecular weight is 461 g/mol. The molecule has 33 heavy (non-hydrogen) atoms. The first-order valence-electron chi connectivity index (χ1n) is 11.2. The first-order valence-corrected chi connectivity index (χ1v) is 12.1. The van der Waals surface area contributed by atoms with Crippen molar-refractivity contribution in [3.05, 3.63) is 75.5 Å². The molecule has 3 aromatic heterocycles. The number of nitrogens with two attached hydrogens (primary N) is 1. The van der Waals surface area contributed by atoms with Crippen molar-refractivity contribution in [2.75, 3.05) is 31.9 Å². The Morgan fingerprint density at radius 3 is 2.58 bits per heavy atom. The lowest BCUT2D eigenvalue weighted by Gasteiger charge is -2.34. The molecule has 170 valence electrons. The molecule has 0 saturated carbocycles. The van der Waals surface area contributed by atoms with E-state index in [1.54, 1.807) is 11.3 Å². The number of hydrogen-bond donors (Lipinski definition) is 1. The van der Waals surface area contributed by atoms with E-state index in [-0.39, 0.29) is 5.91 Å². The van der Waals surface area contributed by atoms with Gasteiger partial charge in [-0.3, -0.25) is 9.69 Å². The molecule has 4 heterocycles. The van der Waals surface area contributed by atoms with Gasteiger partial charge in [0.05, 0.1) is 24.2 Å². The van der Waals surface area contributed by atoms with E-state index < -0.39 is 0 Å². The van der Waals surface area contributed by atoms with Crippen LogP contribution in [0.5, 0.6) is 0 Å². The second-order valence-electron chi connectivity index (χ2n) is 8.56. The highest BCUT2D eigenvalue weighted by Gasteiger charge is 2.26. The molecule has 0 radical (unpaired) electrons. The molecular weight excluding hydrogens is 432 g/mol. The Morgan fingerprint density at radius 2 is 1.82 bits per heavy atom. The summed E-state index contributed by atoms with van der Waals surface area (Å²) in [6.07, 6.45) is 0. The zero-order chi connectivity index (χ0) is 22.9. The number of thiophene rings is 1. The van der Waals surface area contributed by atoms with E-state index in [0.29, 0.717) is 25.5 Å². The van der Waals surface area contributed by atoms with Crippen LogP contribution in [0.1, 0.15) is 32.4 Å². The highest BCUT2D eigenvalue weighted by molar-refractivity contribution is 7.09. The van der Waals surface area contributed by atoms with Gasteiger partial charge in [0.25, 0.3) is 5.91 Å². The van der Waals surface area contributed by atoms with Crippen molar-refractivity contribution in [2.45, 2.75) is 26.9 Å². The number of rotatable bonds is 5. The Hall–Kier alpha value is -3.23. The molecule has 1 aliphatic rings. The Morgan fingerprint density at radius 1 is 1.03 bits per heavy atom. The van der Waals surface area contributed by atoms with Crippen molar-refractivity contribution in [1.29, 1.82) is 0 Å². The van der Waals surface area contributed by atoms with E-state index >= 15 is 0 Å². The summed E-state index contributed by atoms with van der Waals surface area (Å²) in [7, 11) is 0. The Kier molecular flexibility index (Phi) is 5.86. The highest BCUT2D eigenvalue weighted by Crippen LogP contribution is 2.22. The lowest BCUT2D eigenvalue weighted by atomic mass is 10.2. The van der Waals surface area contributed by atoms with Crippen molar-refractivity contribution < 1.29 is 4.79 Å². The molecule has 0 unspecified atom stereocenters. The molecule has 4 aromatic rings. The number of nitrogen functional groups attached to an aromatic ring is 1. The summed E-state index contributed by atoms with van der Waals surface area (Å²) >= 11 is 1.74. The van der Waals surface area contributed by atoms with Crippen LogP contribution in [0.15, 0.2) is 47.8 Å². The van der Waals surface area contributed by atoms with Gasteiger partial charge in [0.15, 0.2) is 0 Å². The quantitative estimate of drug-likeness (QED) is 0.491. The minimum atomic E-state index is 0.117. The maximum Gasteiger partial charge on any atom is 0.255 e. The molecule has 1 aliphatic heterocycles. The zero-order valence-electron chi connectivity index (χ0n) is 19.0. The Balaban J connectivity index is 1.24. The minimum absolute atomic E-state index is 0.117. The van der Waals surface area contributed by atoms with E-state index in [1.165, 1.54) is 4.88 Å². The fraction of sp³-hybridized carbons (Fsp3) is 0.320. The lowest BCUT2D eigenvalue weighted by Crippen LogP contribution is -2.48. The number of amides is 1. The average Bonchev–Trinajstić information content (AvgIpc) is 3.43. The topological polar surface area (TPSA) is 80.3 Å². The van der Waals surface area contributed by atoms with Crippen LogP contribution in [-0.4, -0.2) is 56.4 Å². The third kappa shape index (κ3) is 4.36. The van der Waals surface area contributed by atoms with E-state index in [4.69, 9.17) is 5.73 Å². The maximum absolute atomic E-state index is 13.3. The number of aromatic nitrogens is 3. The Labute approximate surface area is 197 Å². The third-order valence-corrected chi connectivity index (χ3v) is 7.26. The second kappa shape index (κ2) is 8.96. The summed E-state index contributed by atoms with van der Waals surface area (Å²) in [6, 6.07) is 14.0. The summed E-state index contributed by atoms with van der Waals surface area (Å²) in [4.78, 5) is 28.0. The van der Waals surface area contributed by atoms with Crippen molar-refractivity contribution >= 4 is 34.0 Å². The standard InChI is InChI=1S/C25H28N6OS/c1-17-14-21(18(2)31(17)15-19-6-5-13-33-19)25(32)30-11-9-29(10-12-30)16-23-27-22-8-4-3-7-20(22)24(26)28-23/h3-8,13-14H,9-12,15-16H2,1-2H3,(H2,26,27,28). The van der Waals surface area contributed by atoms with Gasteiger partial charge in [-0.15, -0.1) is 11.3 Å². The molecule has 1 aromatic carbocycles. The summed E-state index contributed by atoms with van der Waals surface area (Å²) in [5.74, 6) is 1.36. The molecule has 0 bridgehead atoms. The van der Waals surface area contributed by atoms with Gasteiger partial charge in [-0.2, -0.15) is 0 Å². The first-order chi connectivity index (χ1) is 16.0. The van der Waals surface area contributed by atoms with Crippen LogP contribution in [0, 0.1) is 13.8 Å². The number of anilines is 1. The van der Waals surface area contributed by atoms with Crippen LogP contribution in [0.2, 0.25) is 0 Å². The molecule has 2 N–H and O–H groups in total. The van der Waals surface area contributed by atoms with Gasteiger partial charge in [-0.05, 0) is 43.5 Å². The number of hydrogen-bond acceptors (Lipinski definition) is 6. The zero-order valence-corrected chi connectivity index (χ0v) is 19.8. The normalized spacial score (nSPS) is 14.8. The molecule has 5 rings (SSSR count). The van der Waals surface area contributed by atoms with E-state index in [0.717, 1.165) is 53.3 Å². The summed E-state index contributed by atoms with van der Waals surface area (Å²) in [6.45, 7) is 8.52. The van der Waals surface area contributed by atoms with Crippen LogP contribution in [0.4, 0.5) is 5.82 Å². The summed E-state index contributed by atoms with van der Waals surface area (Å²) < 4.78 is 2.23. The number of fused-ring (bicyclic) bond motifs is 1. The van der Waals surface area contributed by atoms with Gasteiger partial charge in [-0.1, -0.05) is 18.2 Å². The van der Waals surface area contributed by atoms with Crippen molar-refractivity contribution in [3.63, 3.8) is 0 Å². The van der Waals surface area contributed by atoms with Crippen LogP contribution >= 0.6 is 11.3 Å². The highest BCUT2D eigenvalue weighted by atomic mass is 32.1. The van der Waals surface area contributed by atoms with Gasteiger partial charge in [0, 0.05) is 47.8 Å². The number of piperazine rings is 1. The SMILES string of the molecule is Cc1cc(C(=O)N2CCN(Cc3nc(N)c4ccccc4n3)CC2)c(C)n1Cc1cccs1. The van der Waals surface area contributed by atoms with Crippen molar-refractivity contribution in [1.82, 2.24) is 24.3 Å². The predicted octanol–water partition coefficient (Wildman–Crippen LogP) is 3.70. The van der Waals surface area contributed by atoms with Gasteiger partial charge in [0.2, 0.25) is 0 Å². The van der Waals surface area contributed by atoms with Crippen molar-refractivity contribution in [2.24, 2.45) is 0 Å². The van der Waals surface area contributed by atoms with Crippen LogP contribution in [0.3, 0.4) is 0 Å². The van der Waals surface area contributed by atoms with Gasteiger partial charge < -0.3 is 15.2 Å². The van der Waals surface area contributed by atoms with E-state index in [1.807, 2.05) is 42.2 Å². The van der Waals surface area contributed by atoms with Crippen LogP contribution in [0.25, 0.3) is 10.9 Å². The third-order valence-electron chi connectivity index (χ3n) is 6.40. The van der Waals surface area contributed by atoms with Crippen LogP contribution in [-0.2, 0) is 13.1 Å². The number of carbonyl (C=O) groups is 1. The number of carbonyl (C=O) groups excluding carboxylic acids is 1. The fourth-order valence-corrected chi connectivity index (χ4v) is 5.21. The largest absolute Gasteiger partial charge is 0.383 e. The van der Waals surface area contributed by atoms with Gasteiger partial charge in [0.1, 0.15) is 11.6 Å². The minimum Gasteiger partial charge on any atom is -0.383 e. The molecule has 1 fully saturated rings. The number of aryl methyl sites for hydroxylation is 1. The molecular formula is C25H28N6OS. The lowest BCUT2D eigenvalue weighted by molar-refractivity contribution is 0.0625. The molecule has 8 heteroatoms. The van der Waals surface area contributed by atoms with Gasteiger partial charge >= 0.3 is 0 Å². The molecule has 7 nitrogen and oxygen atoms in total. The second-order valence-corrected chi connectivity index (χ2v) is 9.59. The fourth-order valence-electron chi connectivity index (χ4n) is 4.52. The van der Waals surface area contributed by atoms with Crippen LogP contribution < -0.4 is 5.73 Å². The van der Waals surface area contributed by atoms with E-state index in [9.17, 15) is 4.79 Å². The molecule has 0 aliphatic carbocycles. The van der Waals surface area contributed by atoms with Crippen molar-refractivity contribution in [3.8, 4) is 0 Å². The first kappa shape index (κ1) is 21.6. The van der Waals surface area contributed by atoms with E-state index in [2.05, 4.69) is 43.9 Å². The van der Waals surface area contributed by atoms with Gasteiger partial charge in [-0.25, -0.2) is 9.97 Å². The number of nitrogens with zero attached hydrogens (tertiary/aromatic N) is 5.